The predicted octanol–water partition coefficient (Wildman–Crippen LogP) is 3.94. The van der Waals surface area contributed by atoms with Crippen molar-refractivity contribution in [1.29, 1.82) is 0 Å². The van der Waals surface area contributed by atoms with Gasteiger partial charge in [0.1, 0.15) is 5.75 Å². The number of cyclic esters (lactones) is 1. The van der Waals surface area contributed by atoms with Gasteiger partial charge in [0.15, 0.2) is 5.70 Å². The number of rotatable bonds is 5. The summed E-state index contributed by atoms with van der Waals surface area (Å²) in [6.07, 6.45) is 5.12. The van der Waals surface area contributed by atoms with Gasteiger partial charge < -0.3 is 9.47 Å². The van der Waals surface area contributed by atoms with Crippen LogP contribution < -0.4 is 4.74 Å². The van der Waals surface area contributed by atoms with Gasteiger partial charge in [0, 0.05) is 16.8 Å². The molecular weight excluding hydrogens is 378 g/mol. The molecule has 0 saturated carbocycles. The van der Waals surface area contributed by atoms with Crippen LogP contribution in [0.25, 0.3) is 6.08 Å². The highest BCUT2D eigenvalue weighted by Gasteiger charge is 2.26. The molecule has 0 N–H and O–H groups in total. The highest BCUT2D eigenvalue weighted by Crippen LogP contribution is 2.25. The molecule has 0 unspecified atom stereocenters. The van der Waals surface area contributed by atoms with Gasteiger partial charge in [-0.1, -0.05) is 41.9 Å². The number of halogens is 1. The van der Waals surface area contributed by atoms with Gasteiger partial charge in [-0.3, -0.25) is 4.68 Å². The fourth-order valence-electron chi connectivity index (χ4n) is 2.85. The van der Waals surface area contributed by atoms with Gasteiger partial charge in [0.05, 0.1) is 25.4 Å². The summed E-state index contributed by atoms with van der Waals surface area (Å²) in [6, 6.07) is 14.8. The summed E-state index contributed by atoms with van der Waals surface area (Å²) >= 11 is 6.19. The number of carbonyl (C=O) groups excluding carboxylic acids is 1. The zero-order valence-electron chi connectivity index (χ0n) is 15.0. The second-order valence-corrected chi connectivity index (χ2v) is 6.51. The summed E-state index contributed by atoms with van der Waals surface area (Å²) in [7, 11) is 1.56. The van der Waals surface area contributed by atoms with Gasteiger partial charge in [0.25, 0.3) is 0 Å². The van der Waals surface area contributed by atoms with Crippen molar-refractivity contribution in [1.82, 2.24) is 9.78 Å². The summed E-state index contributed by atoms with van der Waals surface area (Å²) < 4.78 is 12.4. The number of aromatic nitrogens is 2. The molecule has 7 heteroatoms. The van der Waals surface area contributed by atoms with Crippen molar-refractivity contribution < 1.29 is 14.3 Å². The van der Waals surface area contributed by atoms with E-state index in [0.717, 1.165) is 11.1 Å². The van der Waals surface area contributed by atoms with Gasteiger partial charge in [-0.25, -0.2) is 9.79 Å². The first-order valence-corrected chi connectivity index (χ1v) is 8.93. The monoisotopic (exact) mass is 393 g/mol. The standard InChI is InChI=1S/C21H16ClN3O3/c1-27-19-9-5-3-7-16(19)20-24-18(21(26)28-20)10-14-11-23-25(12-14)13-15-6-2-4-8-17(15)22/h2-12H,13H2,1H3. The number of esters is 1. The quantitative estimate of drug-likeness (QED) is 0.486. The minimum atomic E-state index is -0.514. The lowest BCUT2D eigenvalue weighted by molar-refractivity contribution is -0.129. The first-order valence-electron chi connectivity index (χ1n) is 8.56. The van der Waals surface area contributed by atoms with Crippen molar-refractivity contribution in [2.45, 2.75) is 6.54 Å². The summed E-state index contributed by atoms with van der Waals surface area (Å²) in [5.41, 5.74) is 2.53. The third kappa shape index (κ3) is 3.68. The minimum Gasteiger partial charge on any atom is -0.496 e. The van der Waals surface area contributed by atoms with Crippen LogP contribution in [0.3, 0.4) is 0 Å². The number of hydrogen-bond donors (Lipinski definition) is 0. The number of para-hydroxylation sites is 1. The second kappa shape index (κ2) is 7.70. The zero-order chi connectivity index (χ0) is 19.5. The lowest BCUT2D eigenvalue weighted by Crippen LogP contribution is -2.06. The van der Waals surface area contributed by atoms with Crippen LogP contribution in [0, 0.1) is 0 Å². The van der Waals surface area contributed by atoms with Crippen LogP contribution >= 0.6 is 11.6 Å². The highest BCUT2D eigenvalue weighted by molar-refractivity contribution is 6.31. The molecule has 0 bridgehead atoms. The highest BCUT2D eigenvalue weighted by atomic mass is 35.5. The average molecular weight is 394 g/mol. The molecule has 1 aromatic heterocycles. The van der Waals surface area contributed by atoms with Gasteiger partial charge in [-0.2, -0.15) is 5.10 Å². The van der Waals surface area contributed by atoms with Crippen molar-refractivity contribution >= 4 is 29.5 Å². The third-order valence-electron chi connectivity index (χ3n) is 4.20. The van der Waals surface area contributed by atoms with Crippen LogP contribution in [-0.2, 0) is 16.1 Å². The van der Waals surface area contributed by atoms with E-state index in [1.807, 2.05) is 42.6 Å². The van der Waals surface area contributed by atoms with Crippen LogP contribution in [0.1, 0.15) is 16.7 Å². The topological polar surface area (TPSA) is 65.7 Å². The van der Waals surface area contributed by atoms with Crippen LogP contribution in [0.15, 0.2) is 71.6 Å². The number of aliphatic imine (C=N–C) groups is 1. The minimum absolute atomic E-state index is 0.207. The van der Waals surface area contributed by atoms with Crippen LogP contribution in [0.4, 0.5) is 0 Å². The Kier molecular flexibility index (Phi) is 4.95. The van der Waals surface area contributed by atoms with E-state index >= 15 is 0 Å². The Morgan fingerprint density at radius 1 is 1.18 bits per heavy atom. The van der Waals surface area contributed by atoms with E-state index in [9.17, 15) is 4.79 Å². The number of ether oxygens (including phenoxy) is 2. The average Bonchev–Trinajstić information content (AvgIpc) is 3.30. The lowest BCUT2D eigenvalue weighted by atomic mass is 10.2. The summed E-state index contributed by atoms with van der Waals surface area (Å²) in [4.78, 5) is 16.5. The number of hydrogen-bond acceptors (Lipinski definition) is 5. The molecule has 2 aromatic carbocycles. The maximum atomic E-state index is 12.2. The maximum absolute atomic E-state index is 12.2. The molecule has 1 aliphatic heterocycles. The fourth-order valence-corrected chi connectivity index (χ4v) is 3.04. The molecule has 1 aliphatic rings. The molecular formula is C21H16ClN3O3. The molecule has 0 fully saturated rings. The molecule has 0 atom stereocenters. The molecule has 0 spiro atoms. The van der Waals surface area contributed by atoms with E-state index in [1.54, 1.807) is 36.2 Å². The van der Waals surface area contributed by atoms with E-state index in [-0.39, 0.29) is 11.6 Å². The van der Waals surface area contributed by atoms with E-state index in [1.165, 1.54) is 0 Å². The molecule has 4 rings (SSSR count). The lowest BCUT2D eigenvalue weighted by Gasteiger charge is -2.05. The smallest absolute Gasteiger partial charge is 0.363 e. The number of benzene rings is 2. The molecule has 0 amide bonds. The molecule has 0 saturated heterocycles. The fraction of sp³-hybridized carbons (Fsp3) is 0.0952. The van der Waals surface area contributed by atoms with Gasteiger partial charge in [-0.05, 0) is 29.8 Å². The molecule has 28 heavy (non-hydrogen) atoms. The van der Waals surface area contributed by atoms with Crippen molar-refractivity contribution in [2.24, 2.45) is 4.99 Å². The first-order chi connectivity index (χ1) is 13.6. The second-order valence-electron chi connectivity index (χ2n) is 6.10. The Hall–Kier alpha value is -3.38. The normalized spacial score (nSPS) is 14.9. The Balaban J connectivity index is 1.57. The third-order valence-corrected chi connectivity index (χ3v) is 4.57. The molecule has 6 nitrogen and oxygen atoms in total. The van der Waals surface area contributed by atoms with Gasteiger partial charge in [-0.15, -0.1) is 0 Å². The SMILES string of the molecule is COc1ccccc1C1=NC(=Cc2cnn(Cc3ccccc3Cl)c2)C(=O)O1. The van der Waals surface area contributed by atoms with Gasteiger partial charge in [0.2, 0.25) is 5.90 Å². The summed E-state index contributed by atoms with van der Waals surface area (Å²) in [5, 5.41) is 5.00. The zero-order valence-corrected chi connectivity index (χ0v) is 15.8. The number of methoxy groups -OCH3 is 1. The molecule has 3 aromatic rings. The predicted molar refractivity (Wildman–Crippen MR) is 106 cm³/mol. The largest absolute Gasteiger partial charge is 0.496 e. The van der Waals surface area contributed by atoms with Crippen molar-refractivity contribution in [3.63, 3.8) is 0 Å². The van der Waals surface area contributed by atoms with Crippen molar-refractivity contribution in [3.05, 3.63) is 88.3 Å². The summed E-state index contributed by atoms with van der Waals surface area (Å²) in [5.74, 6) is 0.291. The van der Waals surface area contributed by atoms with E-state index < -0.39 is 5.97 Å². The molecule has 0 radical (unpaired) electrons. The van der Waals surface area contributed by atoms with Crippen molar-refractivity contribution in [3.8, 4) is 5.75 Å². The van der Waals surface area contributed by atoms with Crippen LogP contribution in [-0.4, -0.2) is 28.8 Å². The Morgan fingerprint density at radius 3 is 2.79 bits per heavy atom. The first kappa shape index (κ1) is 18.0. The molecule has 140 valence electrons. The van der Waals surface area contributed by atoms with Crippen LogP contribution in [0.2, 0.25) is 5.02 Å². The summed E-state index contributed by atoms with van der Waals surface area (Å²) in [6.45, 7) is 0.531. The Labute approximate surface area is 166 Å². The van der Waals surface area contributed by atoms with E-state index in [0.29, 0.717) is 22.9 Å². The van der Waals surface area contributed by atoms with Crippen molar-refractivity contribution in [2.75, 3.05) is 7.11 Å². The molecule has 2 heterocycles. The van der Waals surface area contributed by atoms with Crippen LogP contribution in [0.5, 0.6) is 5.75 Å². The Bertz CT molecular complexity index is 1100. The maximum Gasteiger partial charge on any atom is 0.363 e. The number of carbonyl (C=O) groups is 1. The molecule has 0 aliphatic carbocycles. The van der Waals surface area contributed by atoms with Gasteiger partial charge >= 0.3 is 5.97 Å². The van der Waals surface area contributed by atoms with E-state index in [2.05, 4.69) is 10.1 Å². The number of nitrogens with zero attached hydrogens (tertiary/aromatic N) is 3. The van der Waals surface area contributed by atoms with E-state index in [4.69, 9.17) is 21.1 Å². The Morgan fingerprint density at radius 2 is 1.96 bits per heavy atom.